The SMILES string of the molecule is Cc1cc(C(=O)O)cc(NC(C)Cc2ccccc2)n1. The summed E-state index contributed by atoms with van der Waals surface area (Å²) in [5.41, 5.74) is 2.19. The van der Waals surface area contributed by atoms with E-state index in [1.54, 1.807) is 19.1 Å². The van der Waals surface area contributed by atoms with Gasteiger partial charge in [0.15, 0.2) is 0 Å². The van der Waals surface area contributed by atoms with Crippen LogP contribution in [0.15, 0.2) is 42.5 Å². The number of carboxylic acid groups (broad SMARTS) is 1. The Morgan fingerprint density at radius 2 is 2.00 bits per heavy atom. The minimum absolute atomic E-state index is 0.174. The third kappa shape index (κ3) is 3.82. The van der Waals surface area contributed by atoms with E-state index in [4.69, 9.17) is 5.11 Å². The molecule has 0 radical (unpaired) electrons. The van der Waals surface area contributed by atoms with Gasteiger partial charge >= 0.3 is 5.97 Å². The van der Waals surface area contributed by atoms with Crippen LogP contribution in [0, 0.1) is 6.92 Å². The van der Waals surface area contributed by atoms with Gasteiger partial charge < -0.3 is 10.4 Å². The van der Waals surface area contributed by atoms with Crippen molar-refractivity contribution in [2.45, 2.75) is 26.3 Å². The maximum absolute atomic E-state index is 11.0. The zero-order chi connectivity index (χ0) is 14.5. The Hall–Kier alpha value is -2.36. The minimum atomic E-state index is -0.936. The molecule has 1 unspecified atom stereocenters. The van der Waals surface area contributed by atoms with E-state index in [-0.39, 0.29) is 11.6 Å². The molecule has 2 aromatic rings. The lowest BCUT2D eigenvalue weighted by molar-refractivity contribution is 0.0696. The van der Waals surface area contributed by atoms with Crippen molar-refractivity contribution in [2.24, 2.45) is 0 Å². The van der Waals surface area contributed by atoms with Gasteiger partial charge in [-0.2, -0.15) is 0 Å². The Labute approximate surface area is 118 Å². The molecule has 104 valence electrons. The van der Waals surface area contributed by atoms with Gasteiger partial charge in [-0.25, -0.2) is 9.78 Å². The Bertz CT molecular complexity index is 597. The highest BCUT2D eigenvalue weighted by Gasteiger charge is 2.09. The van der Waals surface area contributed by atoms with E-state index >= 15 is 0 Å². The third-order valence-corrected chi connectivity index (χ3v) is 2.98. The smallest absolute Gasteiger partial charge is 0.335 e. The first-order valence-corrected chi connectivity index (χ1v) is 6.57. The molecule has 2 N–H and O–H groups in total. The van der Waals surface area contributed by atoms with Crippen molar-refractivity contribution in [3.63, 3.8) is 0 Å². The number of anilines is 1. The van der Waals surface area contributed by atoms with E-state index in [0.29, 0.717) is 11.5 Å². The second kappa shape index (κ2) is 6.19. The fourth-order valence-corrected chi connectivity index (χ4v) is 2.14. The number of rotatable bonds is 5. The topological polar surface area (TPSA) is 62.2 Å². The molecule has 1 atom stereocenters. The van der Waals surface area contributed by atoms with Crippen LogP contribution in [0.25, 0.3) is 0 Å². The van der Waals surface area contributed by atoms with Crippen LogP contribution < -0.4 is 5.32 Å². The number of aromatic carboxylic acids is 1. The Morgan fingerprint density at radius 3 is 2.65 bits per heavy atom. The molecule has 0 aliphatic carbocycles. The van der Waals surface area contributed by atoms with Gasteiger partial charge in [0.2, 0.25) is 0 Å². The van der Waals surface area contributed by atoms with Crippen LogP contribution in [0.2, 0.25) is 0 Å². The van der Waals surface area contributed by atoms with Gasteiger partial charge in [0.25, 0.3) is 0 Å². The number of pyridine rings is 1. The summed E-state index contributed by atoms with van der Waals surface area (Å²) in [6.45, 7) is 3.84. The quantitative estimate of drug-likeness (QED) is 0.876. The molecular formula is C16H18N2O2. The molecule has 1 heterocycles. The number of hydrogen-bond acceptors (Lipinski definition) is 3. The molecule has 20 heavy (non-hydrogen) atoms. The highest BCUT2D eigenvalue weighted by atomic mass is 16.4. The molecule has 1 aromatic heterocycles. The van der Waals surface area contributed by atoms with Gasteiger partial charge in [0.1, 0.15) is 5.82 Å². The van der Waals surface area contributed by atoms with Crippen LogP contribution >= 0.6 is 0 Å². The predicted octanol–water partition coefficient (Wildman–Crippen LogP) is 3.13. The summed E-state index contributed by atoms with van der Waals surface area (Å²) in [6.07, 6.45) is 0.860. The van der Waals surface area contributed by atoms with Gasteiger partial charge in [-0.3, -0.25) is 0 Å². The van der Waals surface area contributed by atoms with Gasteiger partial charge in [0.05, 0.1) is 5.56 Å². The highest BCUT2D eigenvalue weighted by Crippen LogP contribution is 2.13. The van der Waals surface area contributed by atoms with E-state index < -0.39 is 5.97 Å². The first-order chi connectivity index (χ1) is 9.54. The van der Waals surface area contributed by atoms with Gasteiger partial charge in [-0.05, 0) is 38.0 Å². The lowest BCUT2D eigenvalue weighted by atomic mass is 10.1. The number of nitrogens with zero attached hydrogens (tertiary/aromatic N) is 1. The van der Waals surface area contributed by atoms with Crippen LogP contribution in [-0.2, 0) is 6.42 Å². The molecule has 1 aromatic carbocycles. The van der Waals surface area contributed by atoms with Crippen LogP contribution in [-0.4, -0.2) is 22.1 Å². The number of aromatic nitrogens is 1. The normalized spacial score (nSPS) is 11.9. The zero-order valence-electron chi connectivity index (χ0n) is 11.6. The molecular weight excluding hydrogens is 252 g/mol. The Balaban J connectivity index is 2.07. The molecule has 0 fully saturated rings. The Kier molecular flexibility index (Phi) is 4.35. The van der Waals surface area contributed by atoms with E-state index in [1.807, 2.05) is 18.2 Å². The van der Waals surface area contributed by atoms with Gasteiger partial charge in [-0.1, -0.05) is 30.3 Å². The highest BCUT2D eigenvalue weighted by molar-refractivity contribution is 5.88. The van der Waals surface area contributed by atoms with Gasteiger partial charge in [0, 0.05) is 11.7 Å². The second-order valence-corrected chi connectivity index (χ2v) is 4.92. The average Bonchev–Trinajstić information content (AvgIpc) is 2.38. The number of carboxylic acids is 1. The maximum Gasteiger partial charge on any atom is 0.335 e. The molecule has 0 spiro atoms. The summed E-state index contributed by atoms with van der Waals surface area (Å²) < 4.78 is 0. The van der Waals surface area contributed by atoms with Crippen LogP contribution in [0.5, 0.6) is 0 Å². The van der Waals surface area contributed by atoms with Crippen molar-refractivity contribution >= 4 is 11.8 Å². The predicted molar refractivity (Wildman–Crippen MR) is 79.2 cm³/mol. The van der Waals surface area contributed by atoms with Crippen molar-refractivity contribution in [3.8, 4) is 0 Å². The summed E-state index contributed by atoms with van der Waals surface area (Å²) in [7, 11) is 0. The van der Waals surface area contributed by atoms with Crippen molar-refractivity contribution in [2.75, 3.05) is 5.32 Å². The fraction of sp³-hybridized carbons (Fsp3) is 0.250. The van der Waals surface area contributed by atoms with Crippen LogP contribution in [0.1, 0.15) is 28.5 Å². The largest absolute Gasteiger partial charge is 0.478 e. The third-order valence-electron chi connectivity index (χ3n) is 2.98. The summed E-state index contributed by atoms with van der Waals surface area (Å²) in [5, 5.41) is 12.3. The number of carbonyl (C=O) groups is 1. The lowest BCUT2D eigenvalue weighted by Crippen LogP contribution is -2.19. The lowest BCUT2D eigenvalue weighted by Gasteiger charge is -2.15. The average molecular weight is 270 g/mol. The van der Waals surface area contributed by atoms with E-state index in [2.05, 4.69) is 29.4 Å². The molecule has 0 saturated heterocycles. The number of nitrogens with one attached hydrogen (secondary N) is 1. The number of aryl methyl sites for hydroxylation is 1. The van der Waals surface area contributed by atoms with Crippen LogP contribution in [0.3, 0.4) is 0 Å². The molecule has 4 nitrogen and oxygen atoms in total. The van der Waals surface area contributed by atoms with E-state index in [0.717, 1.165) is 6.42 Å². The van der Waals surface area contributed by atoms with E-state index in [1.165, 1.54) is 5.56 Å². The fourth-order valence-electron chi connectivity index (χ4n) is 2.14. The maximum atomic E-state index is 11.0. The number of benzene rings is 1. The molecule has 0 amide bonds. The summed E-state index contributed by atoms with van der Waals surface area (Å²) >= 11 is 0. The summed E-state index contributed by atoms with van der Waals surface area (Å²) in [5.74, 6) is -0.333. The van der Waals surface area contributed by atoms with Crippen LogP contribution in [0.4, 0.5) is 5.82 Å². The summed E-state index contributed by atoms with van der Waals surface area (Å²) in [6, 6.07) is 13.5. The second-order valence-electron chi connectivity index (χ2n) is 4.92. The van der Waals surface area contributed by atoms with Crippen molar-refractivity contribution in [1.29, 1.82) is 0 Å². The number of hydrogen-bond donors (Lipinski definition) is 2. The van der Waals surface area contributed by atoms with Gasteiger partial charge in [-0.15, -0.1) is 0 Å². The summed E-state index contributed by atoms with van der Waals surface area (Å²) in [4.78, 5) is 15.4. The molecule has 0 saturated carbocycles. The molecule has 0 bridgehead atoms. The first kappa shape index (κ1) is 14.1. The van der Waals surface area contributed by atoms with Crippen molar-refractivity contribution < 1.29 is 9.90 Å². The monoisotopic (exact) mass is 270 g/mol. The van der Waals surface area contributed by atoms with E-state index in [9.17, 15) is 4.79 Å². The van der Waals surface area contributed by atoms with Crippen molar-refractivity contribution in [1.82, 2.24) is 4.98 Å². The van der Waals surface area contributed by atoms with Crippen molar-refractivity contribution in [3.05, 3.63) is 59.3 Å². The Morgan fingerprint density at radius 1 is 1.30 bits per heavy atom. The minimum Gasteiger partial charge on any atom is -0.478 e. The zero-order valence-corrected chi connectivity index (χ0v) is 11.6. The molecule has 4 heteroatoms. The first-order valence-electron chi connectivity index (χ1n) is 6.57. The molecule has 2 rings (SSSR count). The standard InChI is InChI=1S/C16H18N2O2/c1-11(8-13-6-4-3-5-7-13)17-15-10-14(16(19)20)9-12(2)18-15/h3-7,9-11H,8H2,1-2H3,(H,17,18)(H,19,20). The molecule has 0 aliphatic heterocycles. The molecule has 0 aliphatic rings.